The molecule has 0 aliphatic heterocycles. The van der Waals surface area contributed by atoms with Crippen LogP contribution in [0.3, 0.4) is 0 Å². The molecule has 0 aliphatic carbocycles. The summed E-state index contributed by atoms with van der Waals surface area (Å²) >= 11 is 0. The van der Waals surface area contributed by atoms with E-state index in [0.717, 1.165) is 29.7 Å². The number of tetrazole rings is 1. The second-order valence-corrected chi connectivity index (χ2v) is 4.71. The van der Waals surface area contributed by atoms with Crippen LogP contribution < -0.4 is 4.74 Å². The van der Waals surface area contributed by atoms with Crippen molar-refractivity contribution in [3.63, 3.8) is 0 Å². The Bertz CT molecular complexity index is 715. The molecule has 0 atom stereocenters. The van der Waals surface area contributed by atoms with E-state index in [1.54, 1.807) is 7.05 Å². The number of aromatic nitrogens is 5. The van der Waals surface area contributed by atoms with Crippen molar-refractivity contribution in [3.05, 3.63) is 36.3 Å². The molecule has 0 saturated heterocycles. The molecule has 20 heavy (non-hydrogen) atoms. The van der Waals surface area contributed by atoms with Gasteiger partial charge in [-0.05, 0) is 35.9 Å². The van der Waals surface area contributed by atoms with Gasteiger partial charge in [0, 0.05) is 17.1 Å². The summed E-state index contributed by atoms with van der Waals surface area (Å²) in [5.74, 6) is 1.62. The van der Waals surface area contributed by atoms with Crippen molar-refractivity contribution in [3.8, 4) is 5.75 Å². The second kappa shape index (κ2) is 5.32. The van der Waals surface area contributed by atoms with E-state index < -0.39 is 0 Å². The Balaban J connectivity index is 1.85. The number of hydrogen-bond donors (Lipinski definition) is 0. The smallest absolute Gasteiger partial charge is 0.194 e. The zero-order valence-corrected chi connectivity index (χ0v) is 11.7. The van der Waals surface area contributed by atoms with Crippen LogP contribution in [0.4, 0.5) is 0 Å². The molecule has 0 amide bonds. The molecule has 1 aromatic carbocycles. The van der Waals surface area contributed by atoms with Gasteiger partial charge in [0.1, 0.15) is 5.75 Å². The van der Waals surface area contributed by atoms with E-state index in [2.05, 4.69) is 45.1 Å². The van der Waals surface area contributed by atoms with Crippen LogP contribution >= 0.6 is 0 Å². The van der Waals surface area contributed by atoms with Crippen molar-refractivity contribution in [1.82, 2.24) is 24.8 Å². The molecule has 0 unspecified atom stereocenters. The fourth-order valence-electron chi connectivity index (χ4n) is 2.16. The summed E-state index contributed by atoms with van der Waals surface area (Å²) in [6.45, 7) is 3.46. The molecule has 3 rings (SSSR count). The molecule has 0 aliphatic rings. The molecule has 0 N–H and O–H groups in total. The Hall–Kier alpha value is -2.37. The van der Waals surface area contributed by atoms with Crippen LogP contribution in [-0.2, 0) is 13.6 Å². The highest BCUT2D eigenvalue weighted by molar-refractivity contribution is 5.81. The van der Waals surface area contributed by atoms with Crippen molar-refractivity contribution in [2.75, 3.05) is 6.61 Å². The number of aryl methyl sites for hydroxylation is 1. The van der Waals surface area contributed by atoms with Crippen LogP contribution in [-0.4, -0.2) is 31.4 Å². The first-order valence-corrected chi connectivity index (χ1v) is 6.71. The van der Waals surface area contributed by atoms with Crippen molar-refractivity contribution in [2.24, 2.45) is 7.05 Å². The van der Waals surface area contributed by atoms with Gasteiger partial charge in [-0.2, -0.15) is 4.80 Å². The lowest BCUT2D eigenvalue weighted by molar-refractivity contribution is 0.318. The molecule has 0 fully saturated rings. The normalized spacial score (nSPS) is 11.1. The highest BCUT2D eigenvalue weighted by Crippen LogP contribution is 2.22. The Morgan fingerprint density at radius 1 is 1.25 bits per heavy atom. The summed E-state index contributed by atoms with van der Waals surface area (Å²) in [5, 5.41) is 13.2. The first-order valence-electron chi connectivity index (χ1n) is 6.71. The third-order valence-corrected chi connectivity index (χ3v) is 3.08. The van der Waals surface area contributed by atoms with E-state index in [1.165, 1.54) is 4.80 Å². The highest BCUT2D eigenvalue weighted by Gasteiger charge is 2.06. The van der Waals surface area contributed by atoms with Crippen molar-refractivity contribution >= 4 is 10.9 Å². The van der Waals surface area contributed by atoms with E-state index >= 15 is 0 Å². The average Bonchev–Trinajstić information content (AvgIpc) is 3.04. The molecule has 0 radical (unpaired) electrons. The van der Waals surface area contributed by atoms with Gasteiger partial charge in [-0.1, -0.05) is 6.92 Å². The van der Waals surface area contributed by atoms with Crippen LogP contribution in [0.25, 0.3) is 10.9 Å². The van der Waals surface area contributed by atoms with Gasteiger partial charge < -0.3 is 9.30 Å². The lowest BCUT2D eigenvalue weighted by atomic mass is 10.2. The van der Waals surface area contributed by atoms with E-state index in [-0.39, 0.29) is 0 Å². The van der Waals surface area contributed by atoms with Crippen LogP contribution in [0.1, 0.15) is 19.2 Å². The molecule has 3 aromatic rings. The molecule has 6 nitrogen and oxygen atoms in total. The van der Waals surface area contributed by atoms with Crippen LogP contribution in [0, 0.1) is 0 Å². The molecule has 2 heterocycles. The lowest BCUT2D eigenvalue weighted by Crippen LogP contribution is -2.01. The molecular weight excluding hydrogens is 254 g/mol. The largest absolute Gasteiger partial charge is 0.494 e. The Morgan fingerprint density at radius 3 is 2.90 bits per heavy atom. The molecule has 0 bridgehead atoms. The molecule has 0 saturated carbocycles. The van der Waals surface area contributed by atoms with Gasteiger partial charge in [0.2, 0.25) is 0 Å². The monoisotopic (exact) mass is 271 g/mol. The Labute approximate surface area is 117 Å². The first-order chi connectivity index (χ1) is 9.76. The van der Waals surface area contributed by atoms with E-state index in [0.29, 0.717) is 12.4 Å². The Kier molecular flexibility index (Phi) is 3.37. The quantitative estimate of drug-likeness (QED) is 0.712. The summed E-state index contributed by atoms with van der Waals surface area (Å²) in [5.41, 5.74) is 1.14. The van der Waals surface area contributed by atoms with Gasteiger partial charge in [0.05, 0.1) is 20.2 Å². The minimum atomic E-state index is 0.618. The predicted octanol–water partition coefficient (Wildman–Crippen LogP) is 2.00. The number of rotatable bonds is 5. The second-order valence-electron chi connectivity index (χ2n) is 4.71. The fraction of sp³-hybridized carbons (Fsp3) is 0.357. The standard InChI is InChI=1S/C14H17N5O/c1-3-8-20-12-4-5-13-11(9-12)6-7-19(13)10-14-15-17-18(2)16-14/h4-7,9H,3,8,10H2,1-2H3. The van der Waals surface area contributed by atoms with Gasteiger partial charge in [-0.3, -0.25) is 0 Å². The predicted molar refractivity (Wildman–Crippen MR) is 75.6 cm³/mol. The summed E-state index contributed by atoms with van der Waals surface area (Å²) in [6.07, 6.45) is 3.04. The van der Waals surface area contributed by atoms with Crippen LogP contribution in [0.15, 0.2) is 30.5 Å². The molecule has 2 aromatic heterocycles. The van der Waals surface area contributed by atoms with Gasteiger partial charge >= 0.3 is 0 Å². The van der Waals surface area contributed by atoms with Gasteiger partial charge in [0.25, 0.3) is 0 Å². The number of ether oxygens (including phenoxy) is 1. The van der Waals surface area contributed by atoms with Gasteiger partial charge in [0.15, 0.2) is 5.82 Å². The summed E-state index contributed by atoms with van der Waals surface area (Å²) < 4.78 is 7.75. The number of benzene rings is 1. The SMILES string of the molecule is CCCOc1ccc2c(ccn2Cc2nnn(C)n2)c1. The van der Waals surface area contributed by atoms with Crippen molar-refractivity contribution < 1.29 is 4.74 Å². The number of hydrogen-bond acceptors (Lipinski definition) is 4. The minimum absolute atomic E-state index is 0.618. The lowest BCUT2D eigenvalue weighted by Gasteiger charge is -2.05. The van der Waals surface area contributed by atoms with E-state index in [1.807, 2.05) is 12.3 Å². The maximum Gasteiger partial charge on any atom is 0.194 e. The van der Waals surface area contributed by atoms with Crippen LogP contribution in [0.2, 0.25) is 0 Å². The van der Waals surface area contributed by atoms with Crippen molar-refractivity contribution in [2.45, 2.75) is 19.9 Å². The Morgan fingerprint density at radius 2 is 2.15 bits per heavy atom. The van der Waals surface area contributed by atoms with Gasteiger partial charge in [-0.25, -0.2) is 0 Å². The maximum absolute atomic E-state index is 5.65. The van der Waals surface area contributed by atoms with E-state index in [9.17, 15) is 0 Å². The summed E-state index contributed by atoms with van der Waals surface area (Å²) in [6, 6.07) is 8.20. The van der Waals surface area contributed by atoms with Crippen molar-refractivity contribution in [1.29, 1.82) is 0 Å². The highest BCUT2D eigenvalue weighted by atomic mass is 16.5. The molecular formula is C14H17N5O. The zero-order chi connectivity index (χ0) is 13.9. The zero-order valence-electron chi connectivity index (χ0n) is 11.7. The summed E-state index contributed by atoms with van der Waals surface area (Å²) in [7, 11) is 1.77. The first kappa shape index (κ1) is 12.7. The third-order valence-electron chi connectivity index (χ3n) is 3.08. The maximum atomic E-state index is 5.65. The summed E-state index contributed by atoms with van der Waals surface area (Å²) in [4.78, 5) is 1.47. The topological polar surface area (TPSA) is 57.8 Å². The molecule has 104 valence electrons. The number of fused-ring (bicyclic) bond motifs is 1. The fourth-order valence-corrected chi connectivity index (χ4v) is 2.16. The third kappa shape index (κ3) is 2.49. The van der Waals surface area contributed by atoms with E-state index in [4.69, 9.17) is 4.74 Å². The average molecular weight is 271 g/mol. The molecule has 0 spiro atoms. The number of nitrogens with zero attached hydrogens (tertiary/aromatic N) is 5. The molecule has 6 heteroatoms. The van der Waals surface area contributed by atoms with Crippen LogP contribution in [0.5, 0.6) is 5.75 Å². The van der Waals surface area contributed by atoms with Gasteiger partial charge in [-0.15, -0.1) is 10.2 Å². The minimum Gasteiger partial charge on any atom is -0.494 e.